The molecule has 3 aromatic rings. The molecular weight excluding hydrogens is 466 g/mol. The van der Waals surface area contributed by atoms with Crippen LogP contribution < -0.4 is 19.1 Å². The molecule has 1 saturated heterocycles. The van der Waals surface area contributed by atoms with Gasteiger partial charge in [-0.15, -0.1) is 10.2 Å². The minimum absolute atomic E-state index is 0.0537. The fourth-order valence-electron chi connectivity index (χ4n) is 4.14. The SMILES string of the molecule is COc1cc(-c2ccc(N3CCN(C(=O)c4ccc(C)c([N+](=O)[O-])c4)CC3)nn2)cc(OC)c1OC. The second-order valence-corrected chi connectivity index (χ2v) is 8.23. The van der Waals surface area contributed by atoms with Crippen molar-refractivity contribution in [2.24, 2.45) is 0 Å². The first-order valence-electron chi connectivity index (χ1n) is 11.3. The summed E-state index contributed by atoms with van der Waals surface area (Å²) in [6.07, 6.45) is 0. The molecule has 0 unspecified atom stereocenters. The van der Waals surface area contributed by atoms with Crippen LogP contribution in [0.2, 0.25) is 0 Å². The second kappa shape index (κ2) is 10.5. The molecule has 1 amide bonds. The van der Waals surface area contributed by atoms with Crippen LogP contribution in [-0.2, 0) is 0 Å². The van der Waals surface area contributed by atoms with Crippen molar-refractivity contribution in [3.8, 4) is 28.5 Å². The van der Waals surface area contributed by atoms with Crippen LogP contribution in [0.1, 0.15) is 15.9 Å². The quantitative estimate of drug-likeness (QED) is 0.360. The van der Waals surface area contributed by atoms with Crippen molar-refractivity contribution in [3.63, 3.8) is 0 Å². The van der Waals surface area contributed by atoms with E-state index >= 15 is 0 Å². The zero-order valence-corrected chi connectivity index (χ0v) is 20.6. The topological polar surface area (TPSA) is 120 Å². The number of hydrogen-bond acceptors (Lipinski definition) is 9. The normalized spacial score (nSPS) is 13.3. The summed E-state index contributed by atoms with van der Waals surface area (Å²) in [6.45, 7) is 3.72. The van der Waals surface area contributed by atoms with E-state index in [0.717, 1.165) is 5.56 Å². The van der Waals surface area contributed by atoms with Gasteiger partial charge < -0.3 is 24.0 Å². The molecule has 0 aliphatic carbocycles. The van der Waals surface area contributed by atoms with Gasteiger partial charge in [0.05, 0.1) is 31.9 Å². The third-order valence-electron chi connectivity index (χ3n) is 6.15. The maximum absolute atomic E-state index is 12.9. The molecule has 0 N–H and O–H groups in total. The number of nitro groups is 1. The molecule has 11 nitrogen and oxygen atoms in total. The largest absolute Gasteiger partial charge is 0.493 e. The van der Waals surface area contributed by atoms with Gasteiger partial charge in [0.25, 0.3) is 11.6 Å². The number of rotatable bonds is 7. The number of nitro benzene ring substituents is 1. The Labute approximate surface area is 208 Å². The molecule has 1 aliphatic heterocycles. The average molecular weight is 494 g/mol. The lowest BCUT2D eigenvalue weighted by atomic mass is 10.1. The third-order valence-corrected chi connectivity index (χ3v) is 6.15. The molecule has 0 saturated carbocycles. The Hall–Kier alpha value is -4.41. The van der Waals surface area contributed by atoms with Crippen LogP contribution >= 0.6 is 0 Å². The fourth-order valence-corrected chi connectivity index (χ4v) is 4.14. The van der Waals surface area contributed by atoms with Crippen LogP contribution in [0.4, 0.5) is 11.5 Å². The van der Waals surface area contributed by atoms with E-state index in [2.05, 4.69) is 10.2 Å². The number of aryl methyl sites for hydroxylation is 1. The molecule has 4 rings (SSSR count). The van der Waals surface area contributed by atoms with Crippen molar-refractivity contribution in [2.75, 3.05) is 52.4 Å². The number of hydrogen-bond donors (Lipinski definition) is 0. The van der Waals surface area contributed by atoms with E-state index in [1.807, 2.05) is 29.2 Å². The summed E-state index contributed by atoms with van der Waals surface area (Å²) in [5, 5.41) is 20.0. The van der Waals surface area contributed by atoms with E-state index in [0.29, 0.717) is 66.1 Å². The molecule has 1 fully saturated rings. The van der Waals surface area contributed by atoms with Crippen molar-refractivity contribution >= 4 is 17.4 Å². The molecule has 0 radical (unpaired) electrons. The summed E-state index contributed by atoms with van der Waals surface area (Å²) < 4.78 is 16.2. The number of carbonyl (C=O) groups excluding carboxylic acids is 1. The maximum Gasteiger partial charge on any atom is 0.273 e. The van der Waals surface area contributed by atoms with Gasteiger partial charge in [-0.25, -0.2) is 0 Å². The number of methoxy groups -OCH3 is 3. The molecule has 2 heterocycles. The standard InChI is InChI=1S/C25H27N5O6/c1-16-5-6-17(13-20(16)30(32)33)25(31)29-11-9-28(10-12-29)23-8-7-19(26-27-23)18-14-21(34-2)24(36-4)22(15-18)35-3/h5-8,13-15H,9-12H2,1-4H3. The van der Waals surface area contributed by atoms with E-state index < -0.39 is 4.92 Å². The molecule has 2 aromatic carbocycles. The third kappa shape index (κ3) is 4.85. The highest BCUT2D eigenvalue weighted by atomic mass is 16.6. The summed E-state index contributed by atoms with van der Waals surface area (Å²) >= 11 is 0. The maximum atomic E-state index is 12.9. The van der Waals surface area contributed by atoms with E-state index in [1.165, 1.54) is 6.07 Å². The first-order valence-corrected chi connectivity index (χ1v) is 11.3. The molecule has 188 valence electrons. The molecular formula is C25H27N5O6. The first-order chi connectivity index (χ1) is 17.4. The average Bonchev–Trinajstić information content (AvgIpc) is 2.92. The van der Waals surface area contributed by atoms with Crippen LogP contribution in [0.25, 0.3) is 11.3 Å². The predicted molar refractivity (Wildman–Crippen MR) is 133 cm³/mol. The summed E-state index contributed by atoms with van der Waals surface area (Å²) in [6, 6.07) is 11.9. The van der Waals surface area contributed by atoms with Crippen molar-refractivity contribution < 1.29 is 23.9 Å². The van der Waals surface area contributed by atoms with Gasteiger partial charge in [-0.3, -0.25) is 14.9 Å². The van der Waals surface area contributed by atoms with Gasteiger partial charge in [0.1, 0.15) is 0 Å². The van der Waals surface area contributed by atoms with Gasteiger partial charge in [0.15, 0.2) is 17.3 Å². The molecule has 0 bridgehead atoms. The summed E-state index contributed by atoms with van der Waals surface area (Å²) in [5.41, 5.74) is 2.20. The number of aromatic nitrogens is 2. The number of nitrogens with zero attached hydrogens (tertiary/aromatic N) is 5. The minimum Gasteiger partial charge on any atom is -0.493 e. The first kappa shape index (κ1) is 24.7. The van der Waals surface area contributed by atoms with Gasteiger partial charge in [-0.05, 0) is 37.3 Å². The lowest BCUT2D eigenvalue weighted by Crippen LogP contribution is -2.49. The molecule has 36 heavy (non-hydrogen) atoms. The van der Waals surface area contributed by atoms with Crippen molar-refractivity contribution in [1.29, 1.82) is 0 Å². The van der Waals surface area contributed by atoms with Gasteiger partial charge in [0, 0.05) is 48.9 Å². The Morgan fingerprint density at radius 2 is 1.58 bits per heavy atom. The highest BCUT2D eigenvalue weighted by molar-refractivity contribution is 5.95. The Bertz CT molecular complexity index is 1250. The number of piperazine rings is 1. The molecule has 0 atom stereocenters. The predicted octanol–water partition coefficient (Wildman–Crippen LogP) is 3.35. The Morgan fingerprint density at radius 3 is 2.11 bits per heavy atom. The Balaban J connectivity index is 1.44. The zero-order chi connectivity index (χ0) is 25.8. The molecule has 11 heteroatoms. The summed E-state index contributed by atoms with van der Waals surface area (Å²) in [7, 11) is 4.66. The molecule has 0 spiro atoms. The van der Waals surface area contributed by atoms with Crippen LogP contribution in [0.5, 0.6) is 17.2 Å². The number of ether oxygens (including phenoxy) is 3. The molecule has 1 aliphatic rings. The monoisotopic (exact) mass is 493 g/mol. The van der Waals surface area contributed by atoms with Gasteiger partial charge in [-0.1, -0.05) is 6.07 Å². The lowest BCUT2D eigenvalue weighted by molar-refractivity contribution is -0.385. The van der Waals surface area contributed by atoms with E-state index in [-0.39, 0.29) is 11.6 Å². The second-order valence-electron chi connectivity index (χ2n) is 8.23. The van der Waals surface area contributed by atoms with E-state index in [9.17, 15) is 14.9 Å². The summed E-state index contributed by atoms with van der Waals surface area (Å²) in [5.74, 6) is 2.03. The van der Waals surface area contributed by atoms with E-state index in [4.69, 9.17) is 14.2 Å². The fraction of sp³-hybridized carbons (Fsp3) is 0.320. The van der Waals surface area contributed by atoms with Crippen LogP contribution in [0.15, 0.2) is 42.5 Å². The highest BCUT2D eigenvalue weighted by Crippen LogP contribution is 2.40. The van der Waals surface area contributed by atoms with Crippen LogP contribution in [0, 0.1) is 17.0 Å². The van der Waals surface area contributed by atoms with Gasteiger partial charge in [0.2, 0.25) is 5.75 Å². The number of anilines is 1. The zero-order valence-electron chi connectivity index (χ0n) is 20.6. The lowest BCUT2D eigenvalue weighted by Gasteiger charge is -2.35. The van der Waals surface area contributed by atoms with Crippen molar-refractivity contribution in [2.45, 2.75) is 6.92 Å². The van der Waals surface area contributed by atoms with Gasteiger partial charge >= 0.3 is 0 Å². The van der Waals surface area contributed by atoms with E-state index in [1.54, 1.807) is 45.3 Å². The van der Waals surface area contributed by atoms with Crippen molar-refractivity contribution in [3.05, 3.63) is 63.7 Å². The Kier molecular flexibility index (Phi) is 7.18. The minimum atomic E-state index is -0.468. The number of amides is 1. The highest BCUT2D eigenvalue weighted by Gasteiger charge is 2.25. The smallest absolute Gasteiger partial charge is 0.273 e. The summed E-state index contributed by atoms with van der Waals surface area (Å²) in [4.78, 5) is 27.4. The van der Waals surface area contributed by atoms with Crippen LogP contribution in [-0.4, -0.2) is 73.4 Å². The van der Waals surface area contributed by atoms with Crippen LogP contribution in [0.3, 0.4) is 0 Å². The van der Waals surface area contributed by atoms with Crippen molar-refractivity contribution in [1.82, 2.24) is 15.1 Å². The van der Waals surface area contributed by atoms with Gasteiger partial charge in [-0.2, -0.15) is 0 Å². The molecule has 1 aromatic heterocycles. The number of benzene rings is 2. The Morgan fingerprint density at radius 1 is 0.917 bits per heavy atom. The number of carbonyl (C=O) groups is 1.